The van der Waals surface area contributed by atoms with E-state index in [0.29, 0.717) is 0 Å². The van der Waals surface area contributed by atoms with Crippen molar-refractivity contribution in [2.24, 2.45) is 0 Å². The molecule has 0 radical (unpaired) electrons. The molecule has 1 aromatic rings. The van der Waals surface area contributed by atoms with E-state index in [1.165, 1.54) is 5.56 Å². The van der Waals surface area contributed by atoms with Gasteiger partial charge in [0.2, 0.25) is 0 Å². The topological polar surface area (TPSA) is 12.5 Å². The summed E-state index contributed by atoms with van der Waals surface area (Å²) >= 11 is 0. The van der Waals surface area contributed by atoms with Crippen LogP contribution >= 0.6 is 0 Å². The highest BCUT2D eigenvalue weighted by Gasteiger charge is 1.89. The lowest BCUT2D eigenvalue weighted by Crippen LogP contribution is -1.99. The molecule has 0 aromatic heterocycles. The molecule has 13 heavy (non-hydrogen) atoms. The standard InChI is InChI=1S/C11H15NO/c1-12(2)9-8-10-4-6-11(13-3)7-5-10/h4-9H,1-3H3. The molecule has 0 N–H and O–H groups in total. The van der Waals surface area contributed by atoms with Crippen molar-refractivity contribution in [2.45, 2.75) is 0 Å². The highest BCUT2D eigenvalue weighted by Crippen LogP contribution is 2.12. The molecule has 0 saturated carbocycles. The van der Waals surface area contributed by atoms with Gasteiger partial charge in [0.1, 0.15) is 5.75 Å². The van der Waals surface area contributed by atoms with E-state index in [1.54, 1.807) is 7.11 Å². The molecule has 0 atom stereocenters. The zero-order chi connectivity index (χ0) is 9.68. The molecule has 0 aliphatic heterocycles. The summed E-state index contributed by atoms with van der Waals surface area (Å²) in [7, 11) is 5.67. The maximum absolute atomic E-state index is 5.06. The van der Waals surface area contributed by atoms with Gasteiger partial charge in [-0.25, -0.2) is 0 Å². The van der Waals surface area contributed by atoms with Crippen molar-refractivity contribution >= 4 is 6.08 Å². The first-order chi connectivity index (χ1) is 6.22. The van der Waals surface area contributed by atoms with E-state index in [0.717, 1.165) is 5.75 Å². The zero-order valence-electron chi connectivity index (χ0n) is 8.32. The Labute approximate surface area is 79.4 Å². The van der Waals surface area contributed by atoms with Crippen LogP contribution in [-0.2, 0) is 0 Å². The molecule has 0 saturated heterocycles. The lowest BCUT2D eigenvalue weighted by Gasteiger charge is -2.03. The second kappa shape index (κ2) is 4.55. The van der Waals surface area contributed by atoms with Gasteiger partial charge < -0.3 is 9.64 Å². The quantitative estimate of drug-likeness (QED) is 0.702. The number of ether oxygens (including phenoxy) is 1. The Balaban J connectivity index is 2.69. The summed E-state index contributed by atoms with van der Waals surface area (Å²) in [6.07, 6.45) is 4.07. The maximum Gasteiger partial charge on any atom is 0.118 e. The van der Waals surface area contributed by atoms with Gasteiger partial charge in [-0.3, -0.25) is 0 Å². The molecule has 2 heteroatoms. The zero-order valence-corrected chi connectivity index (χ0v) is 8.32. The monoisotopic (exact) mass is 177 g/mol. The second-order valence-electron chi connectivity index (χ2n) is 3.05. The fourth-order valence-electron chi connectivity index (χ4n) is 0.950. The van der Waals surface area contributed by atoms with Gasteiger partial charge in [-0.2, -0.15) is 0 Å². The molecule has 0 aliphatic carbocycles. The first-order valence-corrected chi connectivity index (χ1v) is 4.21. The van der Waals surface area contributed by atoms with Gasteiger partial charge in [0, 0.05) is 14.1 Å². The summed E-state index contributed by atoms with van der Waals surface area (Å²) in [5.74, 6) is 0.891. The Morgan fingerprint density at radius 3 is 2.23 bits per heavy atom. The minimum atomic E-state index is 0.891. The van der Waals surface area contributed by atoms with Gasteiger partial charge in [0.05, 0.1) is 7.11 Å². The van der Waals surface area contributed by atoms with E-state index < -0.39 is 0 Å². The molecule has 1 aromatic carbocycles. The van der Waals surface area contributed by atoms with E-state index in [4.69, 9.17) is 4.74 Å². The number of rotatable bonds is 3. The highest BCUT2D eigenvalue weighted by molar-refractivity contribution is 5.50. The molecule has 70 valence electrons. The van der Waals surface area contributed by atoms with Crippen LogP contribution in [-0.4, -0.2) is 26.1 Å². The van der Waals surface area contributed by atoms with Crippen LogP contribution < -0.4 is 4.74 Å². The second-order valence-corrected chi connectivity index (χ2v) is 3.05. The third-order valence-corrected chi connectivity index (χ3v) is 1.68. The van der Waals surface area contributed by atoms with Crippen molar-refractivity contribution in [3.05, 3.63) is 36.0 Å². The smallest absolute Gasteiger partial charge is 0.118 e. The molecule has 0 aliphatic rings. The van der Waals surface area contributed by atoms with Crippen LogP contribution in [0, 0.1) is 0 Å². The summed E-state index contributed by atoms with van der Waals surface area (Å²) in [5, 5.41) is 0. The lowest BCUT2D eigenvalue weighted by atomic mass is 10.2. The Bertz CT molecular complexity index is 275. The van der Waals surface area contributed by atoms with Crippen molar-refractivity contribution < 1.29 is 4.74 Å². The summed E-state index contributed by atoms with van der Waals surface area (Å²) in [6, 6.07) is 7.96. The molecule has 1 rings (SSSR count). The molecule has 2 nitrogen and oxygen atoms in total. The van der Waals surface area contributed by atoms with Crippen LogP contribution in [0.4, 0.5) is 0 Å². The third-order valence-electron chi connectivity index (χ3n) is 1.68. The predicted molar refractivity (Wildman–Crippen MR) is 55.7 cm³/mol. The highest BCUT2D eigenvalue weighted by atomic mass is 16.5. The fourth-order valence-corrected chi connectivity index (χ4v) is 0.950. The number of benzene rings is 1. The van der Waals surface area contributed by atoms with Crippen LogP contribution in [0.3, 0.4) is 0 Å². The molecule has 0 amide bonds. The third kappa shape index (κ3) is 3.20. The first-order valence-electron chi connectivity index (χ1n) is 4.21. The Hall–Kier alpha value is -1.44. The van der Waals surface area contributed by atoms with E-state index in [2.05, 4.69) is 6.08 Å². The van der Waals surface area contributed by atoms with Crippen molar-refractivity contribution in [1.29, 1.82) is 0 Å². The van der Waals surface area contributed by atoms with Gasteiger partial charge in [-0.1, -0.05) is 12.1 Å². The van der Waals surface area contributed by atoms with Crippen LogP contribution in [0.2, 0.25) is 0 Å². The average molecular weight is 177 g/mol. The van der Waals surface area contributed by atoms with E-state index in [-0.39, 0.29) is 0 Å². The van der Waals surface area contributed by atoms with Gasteiger partial charge in [-0.05, 0) is 30.0 Å². The number of hydrogen-bond acceptors (Lipinski definition) is 2. The normalized spacial score (nSPS) is 10.4. The molecule has 0 bridgehead atoms. The number of methoxy groups -OCH3 is 1. The summed E-state index contributed by atoms with van der Waals surface area (Å²) in [5.41, 5.74) is 1.18. The number of nitrogens with zero attached hydrogens (tertiary/aromatic N) is 1. The van der Waals surface area contributed by atoms with Crippen LogP contribution in [0.1, 0.15) is 5.56 Å². The van der Waals surface area contributed by atoms with E-state index in [9.17, 15) is 0 Å². The maximum atomic E-state index is 5.06. The molecule has 0 unspecified atom stereocenters. The molecule has 0 heterocycles. The van der Waals surface area contributed by atoms with Gasteiger partial charge >= 0.3 is 0 Å². The SMILES string of the molecule is COc1ccc(C=CN(C)C)cc1. The molecular weight excluding hydrogens is 162 g/mol. The summed E-state index contributed by atoms with van der Waals surface area (Å²) in [4.78, 5) is 2.00. The van der Waals surface area contributed by atoms with Crippen molar-refractivity contribution in [1.82, 2.24) is 4.90 Å². The largest absolute Gasteiger partial charge is 0.497 e. The minimum Gasteiger partial charge on any atom is -0.497 e. The van der Waals surface area contributed by atoms with Crippen LogP contribution in [0.25, 0.3) is 6.08 Å². The summed E-state index contributed by atoms with van der Waals surface area (Å²) < 4.78 is 5.06. The minimum absolute atomic E-state index is 0.891. The average Bonchev–Trinajstić information content (AvgIpc) is 2.15. The Kier molecular flexibility index (Phi) is 3.38. The summed E-state index contributed by atoms with van der Waals surface area (Å²) in [6.45, 7) is 0. The fraction of sp³-hybridized carbons (Fsp3) is 0.273. The lowest BCUT2D eigenvalue weighted by molar-refractivity contribution is 0.415. The van der Waals surface area contributed by atoms with Gasteiger partial charge in [0.15, 0.2) is 0 Å². The Morgan fingerprint density at radius 2 is 1.77 bits per heavy atom. The van der Waals surface area contributed by atoms with Crippen LogP contribution in [0.15, 0.2) is 30.5 Å². The van der Waals surface area contributed by atoms with Crippen molar-refractivity contribution in [2.75, 3.05) is 21.2 Å². The van der Waals surface area contributed by atoms with E-state index >= 15 is 0 Å². The first kappa shape index (κ1) is 9.65. The molecule has 0 fully saturated rings. The predicted octanol–water partition coefficient (Wildman–Crippen LogP) is 2.23. The van der Waals surface area contributed by atoms with Gasteiger partial charge in [0.25, 0.3) is 0 Å². The van der Waals surface area contributed by atoms with Gasteiger partial charge in [-0.15, -0.1) is 0 Å². The molecule has 0 spiro atoms. The van der Waals surface area contributed by atoms with Crippen molar-refractivity contribution in [3.63, 3.8) is 0 Å². The number of hydrogen-bond donors (Lipinski definition) is 0. The van der Waals surface area contributed by atoms with Crippen LogP contribution in [0.5, 0.6) is 5.75 Å². The van der Waals surface area contributed by atoms with Crippen molar-refractivity contribution in [3.8, 4) is 5.75 Å². The molecular formula is C11H15NO. The van der Waals surface area contributed by atoms with E-state index in [1.807, 2.05) is 49.5 Å². The Morgan fingerprint density at radius 1 is 1.15 bits per heavy atom.